The first-order valence-corrected chi connectivity index (χ1v) is 6.76. The number of hydrogen-bond donors (Lipinski definition) is 1. The molecule has 0 spiro atoms. The van der Waals surface area contributed by atoms with Gasteiger partial charge >= 0.3 is 0 Å². The predicted octanol–water partition coefficient (Wildman–Crippen LogP) is 3.67. The molecule has 0 aliphatic heterocycles. The minimum Gasteiger partial charge on any atom is -0.267 e. The number of carbonyl (C=O) groups excluding carboxylic acids is 1. The summed E-state index contributed by atoms with van der Waals surface area (Å²) in [5, 5.41) is 15.2. The Morgan fingerprint density at radius 2 is 1.86 bits per heavy atom. The SMILES string of the molecule is O=C(N/N=C/c1cc([N+](=O)[O-])ccc1Cl)c1ccc(Cl)cc1. The zero-order valence-corrected chi connectivity index (χ0v) is 12.5. The summed E-state index contributed by atoms with van der Waals surface area (Å²) in [6.45, 7) is 0. The first kappa shape index (κ1) is 15.9. The summed E-state index contributed by atoms with van der Waals surface area (Å²) >= 11 is 11.6. The van der Waals surface area contributed by atoms with Gasteiger partial charge in [0, 0.05) is 33.3 Å². The van der Waals surface area contributed by atoms with Crippen molar-refractivity contribution >= 4 is 41.0 Å². The third kappa shape index (κ3) is 4.03. The van der Waals surface area contributed by atoms with Crippen molar-refractivity contribution in [3.8, 4) is 0 Å². The second-order valence-corrected chi connectivity index (χ2v) is 5.01. The molecule has 0 radical (unpaired) electrons. The first-order chi connectivity index (χ1) is 10.5. The number of carbonyl (C=O) groups is 1. The smallest absolute Gasteiger partial charge is 0.267 e. The van der Waals surface area contributed by atoms with E-state index >= 15 is 0 Å². The molecule has 8 heteroatoms. The number of hydrogen-bond acceptors (Lipinski definition) is 4. The van der Waals surface area contributed by atoms with Crippen LogP contribution < -0.4 is 5.43 Å². The molecule has 112 valence electrons. The van der Waals surface area contributed by atoms with Gasteiger partial charge in [-0.05, 0) is 30.3 Å². The molecule has 0 unspecified atom stereocenters. The van der Waals surface area contributed by atoms with E-state index in [1.165, 1.54) is 24.4 Å². The van der Waals surface area contributed by atoms with E-state index in [1.807, 2.05) is 0 Å². The number of benzene rings is 2. The van der Waals surface area contributed by atoms with Gasteiger partial charge in [0.15, 0.2) is 0 Å². The number of rotatable bonds is 4. The van der Waals surface area contributed by atoms with Crippen molar-refractivity contribution < 1.29 is 9.72 Å². The largest absolute Gasteiger partial charge is 0.271 e. The van der Waals surface area contributed by atoms with E-state index in [0.29, 0.717) is 16.1 Å². The predicted molar refractivity (Wildman–Crippen MR) is 84.6 cm³/mol. The Morgan fingerprint density at radius 1 is 1.18 bits per heavy atom. The zero-order valence-electron chi connectivity index (χ0n) is 11.0. The summed E-state index contributed by atoms with van der Waals surface area (Å²) in [6.07, 6.45) is 1.24. The molecule has 6 nitrogen and oxygen atoms in total. The van der Waals surface area contributed by atoms with Gasteiger partial charge in [0.25, 0.3) is 11.6 Å². The van der Waals surface area contributed by atoms with Gasteiger partial charge < -0.3 is 0 Å². The number of nitro groups is 1. The van der Waals surface area contributed by atoms with Crippen LogP contribution in [-0.2, 0) is 0 Å². The highest BCUT2D eigenvalue weighted by Gasteiger charge is 2.08. The average Bonchev–Trinajstić information content (AvgIpc) is 2.49. The van der Waals surface area contributed by atoms with Crippen LogP contribution in [0.3, 0.4) is 0 Å². The van der Waals surface area contributed by atoms with Gasteiger partial charge in [0.2, 0.25) is 0 Å². The van der Waals surface area contributed by atoms with Crippen LogP contribution in [0.4, 0.5) is 5.69 Å². The van der Waals surface area contributed by atoms with Crippen molar-refractivity contribution in [2.24, 2.45) is 5.10 Å². The van der Waals surface area contributed by atoms with Crippen LogP contribution in [0.5, 0.6) is 0 Å². The molecule has 0 aliphatic carbocycles. The average molecular weight is 338 g/mol. The molecule has 1 N–H and O–H groups in total. The van der Waals surface area contributed by atoms with Gasteiger partial charge in [-0.3, -0.25) is 14.9 Å². The Hall–Kier alpha value is -2.44. The van der Waals surface area contributed by atoms with Crippen LogP contribution in [0.2, 0.25) is 10.0 Å². The van der Waals surface area contributed by atoms with Gasteiger partial charge in [-0.15, -0.1) is 0 Å². The lowest BCUT2D eigenvalue weighted by molar-refractivity contribution is -0.384. The van der Waals surface area contributed by atoms with Crippen molar-refractivity contribution in [1.82, 2.24) is 5.43 Å². The molecule has 2 rings (SSSR count). The molecule has 0 atom stereocenters. The molecular formula is C14H9Cl2N3O3. The standard InChI is InChI=1S/C14H9Cl2N3O3/c15-11-3-1-9(2-4-11)14(20)18-17-8-10-7-12(19(21)22)5-6-13(10)16/h1-8H,(H,18,20)/b17-8+. The maximum Gasteiger partial charge on any atom is 0.271 e. The summed E-state index contributed by atoms with van der Waals surface area (Å²) in [5.74, 6) is -0.436. The lowest BCUT2D eigenvalue weighted by Gasteiger charge is -2.01. The van der Waals surface area contributed by atoms with E-state index in [0.717, 1.165) is 0 Å². The van der Waals surface area contributed by atoms with Gasteiger partial charge in [-0.25, -0.2) is 5.43 Å². The van der Waals surface area contributed by atoms with Crippen LogP contribution in [0.25, 0.3) is 0 Å². The molecule has 1 amide bonds. The molecule has 2 aromatic rings. The molecule has 0 heterocycles. The molecule has 0 saturated carbocycles. The second kappa shape index (κ2) is 7.02. The third-order valence-electron chi connectivity index (χ3n) is 2.67. The number of amides is 1. The first-order valence-electron chi connectivity index (χ1n) is 6.00. The van der Waals surface area contributed by atoms with E-state index < -0.39 is 10.8 Å². The Bertz CT molecular complexity index is 745. The molecular weight excluding hydrogens is 329 g/mol. The van der Waals surface area contributed by atoms with E-state index in [2.05, 4.69) is 10.5 Å². The molecule has 22 heavy (non-hydrogen) atoms. The van der Waals surface area contributed by atoms with Crippen molar-refractivity contribution in [2.45, 2.75) is 0 Å². The van der Waals surface area contributed by atoms with Gasteiger partial charge in [-0.1, -0.05) is 23.2 Å². The van der Waals surface area contributed by atoms with E-state index in [-0.39, 0.29) is 10.7 Å². The van der Waals surface area contributed by atoms with E-state index in [9.17, 15) is 14.9 Å². The highest BCUT2D eigenvalue weighted by molar-refractivity contribution is 6.33. The Balaban J connectivity index is 2.09. The summed E-state index contributed by atoms with van der Waals surface area (Å²) in [6, 6.07) is 10.2. The normalized spacial score (nSPS) is 10.6. The number of nitro benzene ring substituents is 1. The van der Waals surface area contributed by atoms with Crippen molar-refractivity contribution in [3.63, 3.8) is 0 Å². The lowest BCUT2D eigenvalue weighted by Crippen LogP contribution is -2.17. The lowest BCUT2D eigenvalue weighted by atomic mass is 10.2. The highest BCUT2D eigenvalue weighted by Crippen LogP contribution is 2.20. The quantitative estimate of drug-likeness (QED) is 0.524. The maximum absolute atomic E-state index is 11.8. The summed E-state index contributed by atoms with van der Waals surface area (Å²) < 4.78 is 0. The molecule has 0 bridgehead atoms. The van der Waals surface area contributed by atoms with Gasteiger partial charge in [-0.2, -0.15) is 5.10 Å². The molecule has 2 aromatic carbocycles. The monoisotopic (exact) mass is 337 g/mol. The summed E-state index contributed by atoms with van der Waals surface area (Å²) in [5.41, 5.74) is 2.89. The van der Waals surface area contributed by atoms with Crippen molar-refractivity contribution in [2.75, 3.05) is 0 Å². The molecule has 0 aliphatic rings. The fraction of sp³-hybridized carbons (Fsp3) is 0. The fourth-order valence-corrected chi connectivity index (χ4v) is 1.86. The van der Waals surface area contributed by atoms with Crippen molar-refractivity contribution in [1.29, 1.82) is 0 Å². The van der Waals surface area contributed by atoms with E-state index in [4.69, 9.17) is 23.2 Å². The zero-order chi connectivity index (χ0) is 16.1. The van der Waals surface area contributed by atoms with Crippen molar-refractivity contribution in [3.05, 3.63) is 73.8 Å². The number of hydrazone groups is 1. The number of halogens is 2. The topological polar surface area (TPSA) is 84.6 Å². The van der Waals surface area contributed by atoms with Gasteiger partial charge in [0.05, 0.1) is 11.1 Å². The Morgan fingerprint density at radius 3 is 2.50 bits per heavy atom. The number of nitrogens with zero attached hydrogens (tertiary/aromatic N) is 2. The Kier molecular flexibility index (Phi) is 5.08. The Labute approximate surface area is 135 Å². The van der Waals surface area contributed by atoms with Gasteiger partial charge in [0.1, 0.15) is 0 Å². The molecule has 0 aromatic heterocycles. The highest BCUT2D eigenvalue weighted by atomic mass is 35.5. The fourth-order valence-electron chi connectivity index (χ4n) is 1.57. The van der Waals surface area contributed by atoms with Crippen LogP contribution in [0.15, 0.2) is 47.6 Å². The number of non-ortho nitro benzene ring substituents is 1. The number of nitrogens with one attached hydrogen (secondary N) is 1. The maximum atomic E-state index is 11.8. The van der Waals surface area contributed by atoms with Crippen LogP contribution in [0.1, 0.15) is 15.9 Å². The molecule has 0 saturated heterocycles. The second-order valence-electron chi connectivity index (χ2n) is 4.17. The summed E-state index contributed by atoms with van der Waals surface area (Å²) in [7, 11) is 0. The third-order valence-corrected chi connectivity index (χ3v) is 3.26. The van der Waals surface area contributed by atoms with Crippen LogP contribution in [0, 0.1) is 10.1 Å². The molecule has 0 fully saturated rings. The minimum atomic E-state index is -0.542. The minimum absolute atomic E-state index is 0.116. The van der Waals surface area contributed by atoms with Crippen LogP contribution in [-0.4, -0.2) is 17.0 Å². The van der Waals surface area contributed by atoms with E-state index in [1.54, 1.807) is 24.3 Å². The summed E-state index contributed by atoms with van der Waals surface area (Å²) in [4.78, 5) is 22.0. The van der Waals surface area contributed by atoms with Crippen LogP contribution >= 0.6 is 23.2 Å².